The van der Waals surface area contributed by atoms with E-state index in [1.165, 1.54) is 14.2 Å². The fourth-order valence-corrected chi connectivity index (χ4v) is 3.08. The van der Waals surface area contributed by atoms with Crippen LogP contribution in [0, 0.1) is 17.3 Å². The summed E-state index contributed by atoms with van der Waals surface area (Å²) in [4.78, 5) is 34.9. The number of carbonyl (C=O) groups is 3. The summed E-state index contributed by atoms with van der Waals surface area (Å²) in [5, 5.41) is 0. The maximum atomic E-state index is 11.9. The summed E-state index contributed by atoms with van der Waals surface area (Å²) in [7, 11) is 2.38. The predicted octanol–water partition coefficient (Wildman–Crippen LogP) is -0.0998. The van der Waals surface area contributed by atoms with Crippen LogP contribution in [0.3, 0.4) is 0 Å². The third-order valence-corrected chi connectivity index (χ3v) is 4.11. The van der Waals surface area contributed by atoms with Gasteiger partial charge < -0.3 is 14.2 Å². The Morgan fingerprint density at radius 2 is 1.65 bits per heavy atom. The number of hydrogen-bond acceptors (Lipinski definition) is 6. The van der Waals surface area contributed by atoms with Crippen molar-refractivity contribution in [3.8, 4) is 0 Å². The van der Waals surface area contributed by atoms with Gasteiger partial charge in [0.1, 0.15) is 0 Å². The quantitative estimate of drug-likeness (QED) is 0.382. The molecule has 0 radical (unpaired) electrons. The zero-order chi connectivity index (χ0) is 13.0. The molecular formula is C11H14O6. The number of carbonyl (C=O) groups excluding carboxylic acids is 3. The highest BCUT2D eigenvalue weighted by Crippen LogP contribution is 2.72. The second-order valence-corrected chi connectivity index (χ2v) is 4.45. The van der Waals surface area contributed by atoms with E-state index < -0.39 is 40.8 Å². The van der Waals surface area contributed by atoms with Crippen LogP contribution >= 0.6 is 0 Å². The molecular weight excluding hydrogens is 228 g/mol. The van der Waals surface area contributed by atoms with Crippen LogP contribution in [0.4, 0.5) is 0 Å². The minimum Gasteiger partial charge on any atom is -0.468 e. The second kappa shape index (κ2) is 3.21. The van der Waals surface area contributed by atoms with Gasteiger partial charge in [-0.3, -0.25) is 14.4 Å². The van der Waals surface area contributed by atoms with Crippen molar-refractivity contribution in [3.05, 3.63) is 0 Å². The van der Waals surface area contributed by atoms with Crippen molar-refractivity contribution in [1.29, 1.82) is 0 Å². The van der Waals surface area contributed by atoms with Gasteiger partial charge in [-0.05, 0) is 6.92 Å². The fraction of sp³-hybridized carbons (Fsp3) is 0.727. The van der Waals surface area contributed by atoms with E-state index >= 15 is 0 Å². The Morgan fingerprint density at radius 1 is 1.18 bits per heavy atom. The average Bonchev–Trinajstić information content (AvgIpc) is 2.91. The van der Waals surface area contributed by atoms with Crippen LogP contribution in [0.2, 0.25) is 0 Å². The van der Waals surface area contributed by atoms with E-state index in [-0.39, 0.29) is 0 Å². The molecule has 3 atom stereocenters. The van der Waals surface area contributed by atoms with Crippen LogP contribution in [0.5, 0.6) is 0 Å². The summed E-state index contributed by atoms with van der Waals surface area (Å²) in [5.41, 5.74) is -2.58. The van der Waals surface area contributed by atoms with Crippen LogP contribution < -0.4 is 0 Å². The Hall–Kier alpha value is -1.59. The van der Waals surface area contributed by atoms with Gasteiger partial charge in [0.25, 0.3) is 0 Å². The van der Waals surface area contributed by atoms with Gasteiger partial charge in [0, 0.05) is 5.92 Å². The van der Waals surface area contributed by atoms with Gasteiger partial charge in [0.05, 0.1) is 20.1 Å². The number of hydrogen-bond donors (Lipinski definition) is 0. The zero-order valence-electron chi connectivity index (χ0n) is 10.1. The number of methoxy groups -OCH3 is 2. The monoisotopic (exact) mass is 242 g/mol. The Morgan fingerprint density at radius 3 is 1.94 bits per heavy atom. The lowest BCUT2D eigenvalue weighted by Crippen LogP contribution is -2.54. The van der Waals surface area contributed by atoms with Gasteiger partial charge in [0.2, 0.25) is 5.41 Å². The Balaban J connectivity index is 2.43. The lowest BCUT2D eigenvalue weighted by molar-refractivity contribution is -0.201. The summed E-state index contributed by atoms with van der Waals surface area (Å²) in [6.07, 6.45) is 0. The first kappa shape index (κ1) is 11.9. The lowest BCUT2D eigenvalue weighted by atomic mass is 9.87. The maximum absolute atomic E-state index is 11.9. The molecule has 0 unspecified atom stereocenters. The van der Waals surface area contributed by atoms with Gasteiger partial charge >= 0.3 is 17.9 Å². The van der Waals surface area contributed by atoms with E-state index in [1.54, 1.807) is 13.8 Å². The van der Waals surface area contributed by atoms with E-state index in [0.29, 0.717) is 0 Å². The first-order valence-corrected chi connectivity index (χ1v) is 5.30. The molecule has 1 heterocycles. The van der Waals surface area contributed by atoms with E-state index in [4.69, 9.17) is 4.74 Å². The van der Waals surface area contributed by atoms with Crippen molar-refractivity contribution >= 4 is 17.9 Å². The standard InChI is InChI=1S/C11H14O6/c1-5-7(12)17-11(5)6(2)10(11,8(13)15-3)9(14)16-4/h5-6H,1-4H3/t5-,6-,11+/m0/s1. The first-order chi connectivity index (χ1) is 7.91. The van der Waals surface area contributed by atoms with Crippen LogP contribution in [-0.2, 0) is 28.6 Å². The maximum Gasteiger partial charge on any atom is 0.327 e. The predicted molar refractivity (Wildman–Crippen MR) is 53.6 cm³/mol. The van der Waals surface area contributed by atoms with Crippen molar-refractivity contribution in [1.82, 2.24) is 0 Å². The molecule has 1 saturated carbocycles. The van der Waals surface area contributed by atoms with Gasteiger partial charge in [0.15, 0.2) is 5.60 Å². The Bertz CT molecular complexity index is 398. The van der Waals surface area contributed by atoms with E-state index in [2.05, 4.69) is 9.47 Å². The van der Waals surface area contributed by atoms with Crippen LogP contribution in [0.25, 0.3) is 0 Å². The highest BCUT2D eigenvalue weighted by Gasteiger charge is 2.93. The molecule has 1 aliphatic carbocycles. The fourth-order valence-electron chi connectivity index (χ4n) is 3.08. The molecule has 1 saturated heterocycles. The summed E-state index contributed by atoms with van der Waals surface area (Å²) in [6, 6.07) is 0. The van der Waals surface area contributed by atoms with Crippen molar-refractivity contribution in [2.45, 2.75) is 19.4 Å². The molecule has 2 rings (SSSR count). The molecule has 17 heavy (non-hydrogen) atoms. The smallest absolute Gasteiger partial charge is 0.327 e. The highest BCUT2D eigenvalue weighted by molar-refractivity contribution is 6.09. The number of esters is 3. The van der Waals surface area contributed by atoms with Crippen molar-refractivity contribution < 1.29 is 28.6 Å². The molecule has 0 bridgehead atoms. The molecule has 2 fully saturated rings. The van der Waals surface area contributed by atoms with Crippen molar-refractivity contribution in [2.75, 3.05) is 14.2 Å². The van der Waals surface area contributed by atoms with E-state index in [9.17, 15) is 14.4 Å². The summed E-state index contributed by atoms with van der Waals surface area (Å²) in [6.45, 7) is 3.31. The molecule has 0 aromatic carbocycles. The minimum atomic E-state index is -1.50. The SMILES string of the molecule is COC(=O)C1(C(=O)OC)[C@H](C)[C@@]12OC(=O)[C@@H]2C. The topological polar surface area (TPSA) is 78.9 Å². The van der Waals surface area contributed by atoms with Gasteiger partial charge in [-0.15, -0.1) is 0 Å². The molecule has 0 amide bonds. The molecule has 6 nitrogen and oxygen atoms in total. The van der Waals surface area contributed by atoms with E-state index in [0.717, 1.165) is 0 Å². The van der Waals surface area contributed by atoms with Crippen LogP contribution in [0.1, 0.15) is 13.8 Å². The molecule has 0 N–H and O–H groups in total. The minimum absolute atomic E-state index is 0.411. The third-order valence-electron chi connectivity index (χ3n) is 4.11. The number of rotatable bonds is 2. The summed E-state index contributed by atoms with van der Waals surface area (Å²) < 4.78 is 14.4. The Kier molecular flexibility index (Phi) is 2.24. The van der Waals surface area contributed by atoms with Crippen LogP contribution in [0.15, 0.2) is 0 Å². The van der Waals surface area contributed by atoms with Crippen LogP contribution in [-0.4, -0.2) is 37.7 Å². The normalized spacial score (nSPS) is 36.8. The van der Waals surface area contributed by atoms with Crippen molar-refractivity contribution in [3.63, 3.8) is 0 Å². The molecule has 6 heteroatoms. The van der Waals surface area contributed by atoms with Gasteiger partial charge in [-0.2, -0.15) is 0 Å². The first-order valence-electron chi connectivity index (χ1n) is 5.30. The molecule has 1 spiro atoms. The summed E-state index contributed by atoms with van der Waals surface area (Å²) in [5.74, 6) is -2.77. The van der Waals surface area contributed by atoms with Gasteiger partial charge in [-0.1, -0.05) is 6.92 Å². The molecule has 0 aromatic heterocycles. The molecule has 94 valence electrons. The third kappa shape index (κ3) is 0.947. The largest absolute Gasteiger partial charge is 0.468 e. The zero-order valence-corrected chi connectivity index (χ0v) is 10.1. The molecule has 1 aliphatic heterocycles. The second-order valence-electron chi connectivity index (χ2n) is 4.45. The van der Waals surface area contributed by atoms with Gasteiger partial charge in [-0.25, -0.2) is 0 Å². The summed E-state index contributed by atoms with van der Waals surface area (Å²) >= 11 is 0. The van der Waals surface area contributed by atoms with E-state index in [1.807, 2.05) is 0 Å². The average molecular weight is 242 g/mol. The van der Waals surface area contributed by atoms with Crippen molar-refractivity contribution in [2.24, 2.45) is 17.3 Å². The number of ether oxygens (including phenoxy) is 3. The molecule has 0 aromatic rings. The molecule has 2 aliphatic rings. The Labute approximate surface area is 98.2 Å². The lowest BCUT2D eigenvalue weighted by Gasteiger charge is -2.36. The highest BCUT2D eigenvalue weighted by atomic mass is 16.6.